The van der Waals surface area contributed by atoms with E-state index in [9.17, 15) is 9.59 Å². The maximum absolute atomic E-state index is 11.9. The predicted molar refractivity (Wildman–Crippen MR) is 94.4 cm³/mol. The molecule has 0 radical (unpaired) electrons. The lowest BCUT2D eigenvalue weighted by Gasteiger charge is -2.15. The summed E-state index contributed by atoms with van der Waals surface area (Å²) in [6.45, 7) is 13.7. The van der Waals surface area contributed by atoms with Crippen LogP contribution in [-0.4, -0.2) is 27.1 Å². The standard InChI is InChI=1S/C17H22N2O3Si/c1-18-15(17(21)22-2)12-13-6-8-14(9-7-13)19-16(20)10-11-23(3,4)5/h6-9,12H,10-11H2,2-5H3,(H,19,20)/b15-12-. The quantitative estimate of drug-likeness (QED) is 0.374. The number of hydrogen-bond donors (Lipinski definition) is 1. The fourth-order valence-corrected chi connectivity index (χ4v) is 2.75. The molecule has 1 aromatic carbocycles. The van der Waals surface area contributed by atoms with Gasteiger partial charge in [-0.25, -0.2) is 4.85 Å². The highest BCUT2D eigenvalue weighted by atomic mass is 28.3. The number of methoxy groups -OCH3 is 1. The van der Waals surface area contributed by atoms with Crippen LogP contribution >= 0.6 is 0 Å². The van der Waals surface area contributed by atoms with E-state index in [1.165, 1.54) is 13.2 Å². The molecule has 0 unspecified atom stereocenters. The van der Waals surface area contributed by atoms with Gasteiger partial charge in [-0.2, -0.15) is 0 Å². The summed E-state index contributed by atoms with van der Waals surface area (Å²) in [5, 5.41) is 2.85. The van der Waals surface area contributed by atoms with E-state index in [1.807, 2.05) is 0 Å². The number of hydrogen-bond acceptors (Lipinski definition) is 3. The van der Waals surface area contributed by atoms with Crippen LogP contribution in [0.1, 0.15) is 12.0 Å². The molecule has 0 aliphatic rings. The number of esters is 1. The van der Waals surface area contributed by atoms with E-state index >= 15 is 0 Å². The van der Waals surface area contributed by atoms with Crippen molar-refractivity contribution in [1.82, 2.24) is 0 Å². The summed E-state index contributed by atoms with van der Waals surface area (Å²) >= 11 is 0. The third kappa shape index (κ3) is 6.93. The zero-order chi connectivity index (χ0) is 17.5. The minimum absolute atomic E-state index is 0.00660. The van der Waals surface area contributed by atoms with Crippen LogP contribution in [0.15, 0.2) is 30.0 Å². The summed E-state index contributed by atoms with van der Waals surface area (Å²) in [4.78, 5) is 26.4. The van der Waals surface area contributed by atoms with E-state index in [1.54, 1.807) is 24.3 Å². The minimum Gasteiger partial charge on any atom is -0.474 e. The molecule has 6 heteroatoms. The van der Waals surface area contributed by atoms with Gasteiger partial charge in [-0.1, -0.05) is 31.8 Å². The fourth-order valence-electron chi connectivity index (χ4n) is 1.77. The van der Waals surface area contributed by atoms with E-state index in [0.717, 1.165) is 6.04 Å². The molecule has 0 saturated heterocycles. The molecule has 0 atom stereocenters. The Kier molecular flexibility index (Phi) is 6.73. The van der Waals surface area contributed by atoms with Crippen LogP contribution in [0.2, 0.25) is 25.7 Å². The molecule has 1 rings (SSSR count). The Morgan fingerprint density at radius 3 is 2.35 bits per heavy atom. The zero-order valence-electron chi connectivity index (χ0n) is 14.0. The van der Waals surface area contributed by atoms with Crippen molar-refractivity contribution in [2.45, 2.75) is 32.1 Å². The molecular formula is C17H22N2O3Si. The zero-order valence-corrected chi connectivity index (χ0v) is 15.0. The maximum Gasteiger partial charge on any atom is 0.336 e. The van der Waals surface area contributed by atoms with Crippen molar-refractivity contribution in [3.8, 4) is 0 Å². The first-order valence-corrected chi connectivity index (χ1v) is 11.0. The minimum atomic E-state index is -1.22. The molecule has 0 spiro atoms. The average Bonchev–Trinajstić information content (AvgIpc) is 2.51. The van der Waals surface area contributed by atoms with Crippen molar-refractivity contribution in [2.24, 2.45) is 0 Å². The Morgan fingerprint density at radius 1 is 1.26 bits per heavy atom. The van der Waals surface area contributed by atoms with Crippen molar-refractivity contribution < 1.29 is 14.3 Å². The molecular weight excluding hydrogens is 308 g/mol. The normalized spacial score (nSPS) is 11.5. The Balaban J connectivity index is 2.70. The van der Waals surface area contributed by atoms with Crippen molar-refractivity contribution in [2.75, 3.05) is 12.4 Å². The smallest absolute Gasteiger partial charge is 0.336 e. The topological polar surface area (TPSA) is 59.8 Å². The number of rotatable bonds is 6. The van der Waals surface area contributed by atoms with Crippen LogP contribution in [0, 0.1) is 6.57 Å². The molecule has 1 aromatic rings. The van der Waals surface area contributed by atoms with Gasteiger partial charge in [0.2, 0.25) is 5.91 Å². The first kappa shape index (κ1) is 18.7. The van der Waals surface area contributed by atoms with E-state index in [2.05, 4.69) is 34.5 Å². The number of benzene rings is 1. The van der Waals surface area contributed by atoms with Crippen LogP contribution in [-0.2, 0) is 14.3 Å². The second kappa shape index (κ2) is 8.29. The number of carbonyl (C=O) groups excluding carboxylic acids is 2. The highest BCUT2D eigenvalue weighted by Crippen LogP contribution is 2.16. The average molecular weight is 330 g/mol. The molecule has 1 amide bonds. The summed E-state index contributed by atoms with van der Waals surface area (Å²) in [5.74, 6) is -0.657. The monoisotopic (exact) mass is 330 g/mol. The summed E-state index contributed by atoms with van der Waals surface area (Å²) in [6, 6.07) is 7.92. The number of nitrogens with one attached hydrogen (secondary N) is 1. The van der Waals surface area contributed by atoms with E-state index in [-0.39, 0.29) is 11.6 Å². The van der Waals surface area contributed by atoms with Gasteiger partial charge in [-0.15, -0.1) is 0 Å². The number of anilines is 1. The van der Waals surface area contributed by atoms with Gasteiger partial charge in [-0.3, -0.25) is 9.59 Å². The van der Waals surface area contributed by atoms with Gasteiger partial charge in [0.25, 0.3) is 5.70 Å². The van der Waals surface area contributed by atoms with Crippen molar-refractivity contribution in [3.05, 3.63) is 46.9 Å². The van der Waals surface area contributed by atoms with Gasteiger partial charge in [0.15, 0.2) is 0 Å². The number of carbonyl (C=O) groups is 2. The van der Waals surface area contributed by atoms with Crippen LogP contribution in [0.5, 0.6) is 0 Å². The van der Waals surface area contributed by atoms with Crippen LogP contribution in [0.4, 0.5) is 5.69 Å². The van der Waals surface area contributed by atoms with Gasteiger partial charge >= 0.3 is 5.97 Å². The Bertz CT molecular complexity index is 637. The molecule has 0 bridgehead atoms. The molecule has 0 fully saturated rings. The predicted octanol–water partition coefficient (Wildman–Crippen LogP) is 3.79. The Labute approximate surface area is 138 Å². The first-order chi connectivity index (χ1) is 10.7. The second-order valence-electron chi connectivity index (χ2n) is 6.36. The summed E-state index contributed by atoms with van der Waals surface area (Å²) in [7, 11) is 0.0127. The van der Waals surface area contributed by atoms with Gasteiger partial charge in [-0.05, 0) is 29.8 Å². The second-order valence-corrected chi connectivity index (χ2v) is 12.0. The van der Waals surface area contributed by atoms with Gasteiger partial charge < -0.3 is 10.1 Å². The van der Waals surface area contributed by atoms with Gasteiger partial charge in [0, 0.05) is 20.2 Å². The molecule has 5 nitrogen and oxygen atoms in total. The molecule has 0 aromatic heterocycles. The highest BCUT2D eigenvalue weighted by molar-refractivity contribution is 6.76. The van der Waals surface area contributed by atoms with Crippen molar-refractivity contribution in [3.63, 3.8) is 0 Å². The summed E-state index contributed by atoms with van der Waals surface area (Å²) < 4.78 is 4.53. The Hall–Kier alpha value is -2.39. The van der Waals surface area contributed by atoms with Crippen LogP contribution in [0.25, 0.3) is 10.9 Å². The highest BCUT2D eigenvalue weighted by Gasteiger charge is 2.15. The van der Waals surface area contributed by atoms with E-state index in [4.69, 9.17) is 6.57 Å². The third-order valence-electron chi connectivity index (χ3n) is 3.11. The molecule has 23 heavy (non-hydrogen) atoms. The largest absolute Gasteiger partial charge is 0.474 e. The number of amides is 1. The van der Waals surface area contributed by atoms with Crippen molar-refractivity contribution >= 4 is 31.7 Å². The SMILES string of the molecule is [C-]#[N+]/C(=C\c1ccc(NC(=O)CC[Si](C)(C)C)cc1)C(=O)OC. The van der Waals surface area contributed by atoms with Crippen molar-refractivity contribution in [1.29, 1.82) is 0 Å². The number of ether oxygens (including phenoxy) is 1. The summed E-state index contributed by atoms with van der Waals surface area (Å²) in [5.41, 5.74) is 1.31. The van der Waals surface area contributed by atoms with E-state index < -0.39 is 14.0 Å². The fraction of sp³-hybridized carbons (Fsp3) is 0.353. The van der Waals surface area contributed by atoms with Gasteiger partial charge in [0.1, 0.15) is 0 Å². The molecule has 122 valence electrons. The van der Waals surface area contributed by atoms with E-state index in [0.29, 0.717) is 17.7 Å². The summed E-state index contributed by atoms with van der Waals surface area (Å²) in [6.07, 6.45) is 1.98. The molecule has 0 aliphatic heterocycles. The molecule has 1 N–H and O–H groups in total. The maximum atomic E-state index is 11.9. The lowest BCUT2D eigenvalue weighted by molar-refractivity contribution is -0.135. The third-order valence-corrected chi connectivity index (χ3v) is 4.86. The lowest BCUT2D eigenvalue weighted by Crippen LogP contribution is -2.22. The molecule has 0 aliphatic carbocycles. The first-order valence-electron chi connectivity index (χ1n) is 7.32. The number of nitrogens with zero attached hydrogens (tertiary/aromatic N) is 1. The van der Waals surface area contributed by atoms with Crippen LogP contribution < -0.4 is 5.32 Å². The Morgan fingerprint density at radius 2 is 1.87 bits per heavy atom. The molecule has 0 heterocycles. The van der Waals surface area contributed by atoms with Gasteiger partial charge in [0.05, 0.1) is 13.7 Å². The molecule has 0 saturated carbocycles. The lowest BCUT2D eigenvalue weighted by atomic mass is 10.1. The van der Waals surface area contributed by atoms with Crippen LogP contribution in [0.3, 0.4) is 0 Å².